The first-order valence-electron chi connectivity index (χ1n) is 8.31. The molecule has 0 saturated heterocycles. The maximum Gasteiger partial charge on any atom is 0.330 e. The van der Waals surface area contributed by atoms with E-state index in [1.165, 1.54) is 4.57 Å². The van der Waals surface area contributed by atoms with Crippen molar-refractivity contribution >= 4 is 11.5 Å². The maximum atomic E-state index is 12.3. The molecule has 7 nitrogen and oxygen atoms in total. The normalized spacial score (nSPS) is 10.5. The van der Waals surface area contributed by atoms with Crippen LogP contribution in [-0.2, 0) is 6.54 Å². The number of nitrogens with two attached hydrogens (primary N) is 1. The second-order valence-corrected chi connectivity index (χ2v) is 5.60. The van der Waals surface area contributed by atoms with Gasteiger partial charge in [0.1, 0.15) is 11.5 Å². The highest BCUT2D eigenvalue weighted by Gasteiger charge is 2.18. The van der Waals surface area contributed by atoms with Crippen LogP contribution in [0.2, 0.25) is 0 Å². The summed E-state index contributed by atoms with van der Waals surface area (Å²) in [5.74, 6) is 0.196. The van der Waals surface area contributed by atoms with Crippen molar-refractivity contribution in [1.82, 2.24) is 9.55 Å². The van der Waals surface area contributed by atoms with Crippen LogP contribution in [0, 0.1) is 11.3 Å². The molecule has 1 aromatic heterocycles. The Morgan fingerprint density at radius 1 is 1.17 bits per heavy atom. The van der Waals surface area contributed by atoms with E-state index in [4.69, 9.17) is 11.0 Å². The Balaban J connectivity index is 3.20. The van der Waals surface area contributed by atoms with E-state index in [-0.39, 0.29) is 5.82 Å². The second-order valence-electron chi connectivity index (χ2n) is 5.60. The van der Waals surface area contributed by atoms with Crippen LogP contribution in [0.3, 0.4) is 0 Å². The number of nitrogens with one attached hydrogen (secondary N) is 1. The van der Waals surface area contributed by atoms with Crippen LogP contribution in [0.4, 0.5) is 11.5 Å². The summed E-state index contributed by atoms with van der Waals surface area (Å²) in [5, 5.41) is 8.84. The summed E-state index contributed by atoms with van der Waals surface area (Å²) in [5.41, 5.74) is 5.48. The number of aromatic amines is 1. The molecule has 3 N–H and O–H groups in total. The molecule has 0 unspecified atom stereocenters. The molecule has 7 heteroatoms. The van der Waals surface area contributed by atoms with Gasteiger partial charge in [0.05, 0.1) is 12.5 Å². The summed E-state index contributed by atoms with van der Waals surface area (Å²) in [6.07, 6.45) is 5.05. The van der Waals surface area contributed by atoms with Gasteiger partial charge in [-0.1, -0.05) is 33.1 Å². The first-order chi connectivity index (χ1) is 11.1. The van der Waals surface area contributed by atoms with Crippen molar-refractivity contribution in [2.45, 2.75) is 58.9 Å². The molecule has 0 saturated carbocycles. The summed E-state index contributed by atoms with van der Waals surface area (Å²) < 4.78 is 1.42. The van der Waals surface area contributed by atoms with Crippen molar-refractivity contribution < 1.29 is 0 Å². The Kier molecular flexibility index (Phi) is 7.95. The second kappa shape index (κ2) is 9.72. The number of rotatable bonds is 10. The van der Waals surface area contributed by atoms with Crippen molar-refractivity contribution in [3.05, 3.63) is 20.8 Å². The third-order valence-electron chi connectivity index (χ3n) is 3.79. The molecule has 128 valence electrons. The molecule has 0 spiro atoms. The minimum Gasteiger partial charge on any atom is -0.383 e. The van der Waals surface area contributed by atoms with Crippen molar-refractivity contribution in [2.75, 3.05) is 23.7 Å². The molecule has 0 amide bonds. The highest BCUT2D eigenvalue weighted by atomic mass is 16.2. The Morgan fingerprint density at radius 3 is 2.48 bits per heavy atom. The molecule has 0 aliphatic heterocycles. The number of hydrogen-bond donors (Lipinski definition) is 2. The average Bonchev–Trinajstić information content (AvgIpc) is 2.51. The molecule has 23 heavy (non-hydrogen) atoms. The van der Waals surface area contributed by atoms with Crippen molar-refractivity contribution in [3.8, 4) is 6.07 Å². The number of nitrogens with zero attached hydrogens (tertiary/aromatic N) is 3. The smallest absolute Gasteiger partial charge is 0.330 e. The largest absolute Gasteiger partial charge is 0.383 e. The molecule has 0 fully saturated rings. The quantitative estimate of drug-likeness (QED) is 0.639. The zero-order chi connectivity index (χ0) is 17.2. The predicted octanol–water partition coefficient (Wildman–Crippen LogP) is 1.83. The van der Waals surface area contributed by atoms with Gasteiger partial charge in [-0.05, 0) is 12.8 Å². The average molecular weight is 321 g/mol. The predicted molar refractivity (Wildman–Crippen MR) is 92.6 cm³/mol. The number of anilines is 2. The van der Waals surface area contributed by atoms with Gasteiger partial charge in [0.15, 0.2) is 0 Å². The highest BCUT2D eigenvalue weighted by molar-refractivity contribution is 5.62. The van der Waals surface area contributed by atoms with Crippen LogP contribution in [0.1, 0.15) is 52.4 Å². The summed E-state index contributed by atoms with van der Waals surface area (Å²) >= 11 is 0. The van der Waals surface area contributed by atoms with E-state index < -0.39 is 11.2 Å². The van der Waals surface area contributed by atoms with E-state index in [2.05, 4.69) is 18.0 Å². The maximum absolute atomic E-state index is 12.3. The Morgan fingerprint density at radius 2 is 1.87 bits per heavy atom. The summed E-state index contributed by atoms with van der Waals surface area (Å²) in [4.78, 5) is 28.4. The first kappa shape index (κ1) is 18.8. The van der Waals surface area contributed by atoms with Crippen LogP contribution in [0.25, 0.3) is 0 Å². The molecule has 0 atom stereocenters. The van der Waals surface area contributed by atoms with E-state index in [0.29, 0.717) is 31.7 Å². The minimum absolute atomic E-state index is 0.196. The molecule has 0 radical (unpaired) electrons. The van der Waals surface area contributed by atoms with Gasteiger partial charge in [0.25, 0.3) is 5.56 Å². The lowest BCUT2D eigenvalue weighted by molar-refractivity contribution is 0.600. The Labute approximate surface area is 136 Å². The van der Waals surface area contributed by atoms with Gasteiger partial charge in [0, 0.05) is 19.6 Å². The van der Waals surface area contributed by atoms with E-state index in [9.17, 15) is 9.59 Å². The van der Waals surface area contributed by atoms with Crippen molar-refractivity contribution in [1.29, 1.82) is 5.26 Å². The van der Waals surface area contributed by atoms with Crippen LogP contribution >= 0.6 is 0 Å². The zero-order valence-electron chi connectivity index (χ0n) is 14.1. The summed E-state index contributed by atoms with van der Waals surface area (Å²) in [6, 6.07) is 2.09. The molecule has 0 aliphatic rings. The van der Waals surface area contributed by atoms with Gasteiger partial charge in [-0.3, -0.25) is 14.3 Å². The fourth-order valence-electron chi connectivity index (χ4n) is 2.49. The van der Waals surface area contributed by atoms with Crippen LogP contribution in [-0.4, -0.2) is 22.6 Å². The molecule has 1 rings (SSSR count). The van der Waals surface area contributed by atoms with Crippen LogP contribution < -0.4 is 21.9 Å². The SMILES string of the molecule is CCCCCN(CCC#N)c1c(N)n(CCCC)c(=O)[nH]c1=O. The van der Waals surface area contributed by atoms with Gasteiger partial charge < -0.3 is 10.6 Å². The van der Waals surface area contributed by atoms with Crippen molar-refractivity contribution in [2.24, 2.45) is 0 Å². The fraction of sp³-hybridized carbons (Fsp3) is 0.688. The Bertz CT molecular complexity index is 641. The molecular formula is C16H27N5O2. The molecule has 0 bridgehead atoms. The van der Waals surface area contributed by atoms with Crippen LogP contribution in [0.5, 0.6) is 0 Å². The summed E-state index contributed by atoms with van der Waals surface area (Å²) in [6.45, 7) is 5.68. The number of unbranched alkanes of at least 4 members (excludes halogenated alkanes) is 3. The van der Waals surface area contributed by atoms with Gasteiger partial charge in [-0.15, -0.1) is 0 Å². The molecular weight excluding hydrogens is 294 g/mol. The lowest BCUT2D eigenvalue weighted by Crippen LogP contribution is -2.39. The van der Waals surface area contributed by atoms with E-state index >= 15 is 0 Å². The monoisotopic (exact) mass is 321 g/mol. The molecule has 1 heterocycles. The standard InChI is InChI=1S/C16H27N5O2/c1-3-5-7-10-20(11-8-9-17)13-14(18)21(12-6-4-2)16(23)19-15(13)22/h3-8,10-12,18H2,1-2H3,(H,19,22,23). The molecule has 1 aromatic rings. The third-order valence-corrected chi connectivity index (χ3v) is 3.79. The molecule has 0 aliphatic carbocycles. The number of H-pyrrole nitrogens is 1. The number of aromatic nitrogens is 2. The highest BCUT2D eigenvalue weighted by Crippen LogP contribution is 2.18. The lowest BCUT2D eigenvalue weighted by atomic mass is 10.2. The fourth-order valence-corrected chi connectivity index (χ4v) is 2.49. The number of nitrogen functional groups attached to an aromatic ring is 1. The molecule has 0 aromatic carbocycles. The van der Waals surface area contributed by atoms with Gasteiger partial charge in [-0.2, -0.15) is 5.26 Å². The van der Waals surface area contributed by atoms with E-state index in [1.54, 1.807) is 0 Å². The topological polar surface area (TPSA) is 108 Å². The van der Waals surface area contributed by atoms with Crippen LogP contribution in [0.15, 0.2) is 9.59 Å². The van der Waals surface area contributed by atoms with Gasteiger partial charge >= 0.3 is 5.69 Å². The van der Waals surface area contributed by atoms with Crippen molar-refractivity contribution in [3.63, 3.8) is 0 Å². The zero-order valence-corrected chi connectivity index (χ0v) is 14.1. The number of nitriles is 1. The summed E-state index contributed by atoms with van der Waals surface area (Å²) in [7, 11) is 0. The third kappa shape index (κ3) is 5.16. The first-order valence-corrected chi connectivity index (χ1v) is 8.31. The number of hydrogen-bond acceptors (Lipinski definition) is 5. The van der Waals surface area contributed by atoms with E-state index in [1.807, 2.05) is 11.8 Å². The van der Waals surface area contributed by atoms with E-state index in [0.717, 1.165) is 32.1 Å². The lowest BCUT2D eigenvalue weighted by Gasteiger charge is -2.25. The minimum atomic E-state index is -0.477. The Hall–Kier alpha value is -2.23. The van der Waals surface area contributed by atoms with Gasteiger partial charge in [-0.25, -0.2) is 4.79 Å². The van der Waals surface area contributed by atoms with Gasteiger partial charge in [0.2, 0.25) is 0 Å².